The molecule has 0 saturated carbocycles. The Balaban J connectivity index is 1.94. The largest absolute Gasteiger partial charge is 0.356 e. The Hall–Kier alpha value is -0.440. The number of rotatable bonds is 6. The van der Waals surface area contributed by atoms with Crippen LogP contribution in [0.25, 0.3) is 0 Å². The monoisotopic (exact) mass is 422 g/mol. The highest BCUT2D eigenvalue weighted by Gasteiger charge is 2.33. The Labute approximate surface area is 150 Å². The maximum Gasteiger partial charge on any atom is 0.252 e. The van der Waals surface area contributed by atoms with Crippen LogP contribution in [-0.2, 0) is 14.8 Å². The van der Waals surface area contributed by atoms with Crippen molar-refractivity contribution in [2.45, 2.75) is 37.3 Å². The van der Waals surface area contributed by atoms with E-state index >= 15 is 0 Å². The first-order chi connectivity index (χ1) is 10.9. The first kappa shape index (κ1) is 18.9. The number of nitrogens with one attached hydrogen (secondary N) is 1. The number of halogens is 1. The highest BCUT2D eigenvalue weighted by atomic mass is 79.9. The Morgan fingerprint density at radius 2 is 2.09 bits per heavy atom. The van der Waals surface area contributed by atoms with Crippen molar-refractivity contribution in [2.24, 2.45) is 11.8 Å². The molecule has 8 heteroatoms. The Kier molecular flexibility index (Phi) is 6.65. The van der Waals surface area contributed by atoms with E-state index in [4.69, 9.17) is 0 Å². The quantitative estimate of drug-likeness (QED) is 0.765. The van der Waals surface area contributed by atoms with Gasteiger partial charge in [-0.3, -0.25) is 4.79 Å². The minimum atomic E-state index is -3.40. The van der Waals surface area contributed by atoms with Gasteiger partial charge < -0.3 is 5.32 Å². The van der Waals surface area contributed by atoms with Gasteiger partial charge in [0, 0.05) is 25.6 Å². The standard InChI is InChI=1S/C15H23BrN2O3S2/c1-3-8-17-15(19)11(2)12-6-9-18(10-7-12)23(20,21)14-5-4-13(16)22-14/h4-5,11-12H,3,6-10H2,1-2H3,(H,17,19). The summed E-state index contributed by atoms with van der Waals surface area (Å²) in [5.41, 5.74) is 0. The van der Waals surface area contributed by atoms with Gasteiger partial charge in [-0.2, -0.15) is 4.31 Å². The molecular formula is C15H23BrN2O3S2. The normalized spacial score (nSPS) is 18.7. The highest BCUT2D eigenvalue weighted by molar-refractivity contribution is 9.11. The topological polar surface area (TPSA) is 66.5 Å². The van der Waals surface area contributed by atoms with E-state index in [1.54, 1.807) is 16.4 Å². The van der Waals surface area contributed by atoms with Gasteiger partial charge in [-0.05, 0) is 53.2 Å². The zero-order valence-corrected chi connectivity index (χ0v) is 16.6. The van der Waals surface area contributed by atoms with Crippen molar-refractivity contribution in [3.63, 3.8) is 0 Å². The molecule has 0 bridgehead atoms. The number of thiophene rings is 1. The van der Waals surface area contributed by atoms with Crippen LogP contribution in [0.2, 0.25) is 0 Å². The first-order valence-electron chi connectivity index (χ1n) is 7.89. The second kappa shape index (κ2) is 8.09. The third-order valence-electron chi connectivity index (χ3n) is 4.31. The summed E-state index contributed by atoms with van der Waals surface area (Å²) in [5, 5.41) is 2.93. The lowest BCUT2D eigenvalue weighted by Crippen LogP contribution is -2.42. The minimum Gasteiger partial charge on any atom is -0.356 e. The molecule has 0 spiro atoms. The lowest BCUT2D eigenvalue weighted by Gasteiger charge is -2.33. The molecule has 130 valence electrons. The van der Waals surface area contributed by atoms with Gasteiger partial charge in [0.05, 0.1) is 3.79 Å². The fraction of sp³-hybridized carbons (Fsp3) is 0.667. The number of sulfonamides is 1. The third kappa shape index (κ3) is 4.55. The summed E-state index contributed by atoms with van der Waals surface area (Å²) in [7, 11) is -3.40. The van der Waals surface area contributed by atoms with Gasteiger partial charge >= 0.3 is 0 Å². The van der Waals surface area contributed by atoms with E-state index in [2.05, 4.69) is 21.2 Å². The van der Waals surface area contributed by atoms with E-state index in [1.807, 2.05) is 13.8 Å². The summed E-state index contributed by atoms with van der Waals surface area (Å²) in [6, 6.07) is 3.39. The summed E-state index contributed by atoms with van der Waals surface area (Å²) < 4.78 is 27.9. The van der Waals surface area contributed by atoms with E-state index in [-0.39, 0.29) is 17.7 Å². The summed E-state index contributed by atoms with van der Waals surface area (Å²) in [6.45, 7) is 5.62. The van der Waals surface area contributed by atoms with Crippen LogP contribution in [0.15, 0.2) is 20.1 Å². The molecule has 1 aliphatic rings. The molecule has 1 aromatic heterocycles. The molecule has 23 heavy (non-hydrogen) atoms. The number of nitrogens with zero attached hydrogens (tertiary/aromatic N) is 1. The molecule has 2 heterocycles. The summed E-state index contributed by atoms with van der Waals surface area (Å²) in [4.78, 5) is 12.1. The van der Waals surface area contributed by atoms with Crippen molar-refractivity contribution >= 4 is 43.2 Å². The molecule has 1 saturated heterocycles. The molecule has 2 rings (SSSR count). The van der Waals surface area contributed by atoms with Crippen molar-refractivity contribution in [3.05, 3.63) is 15.9 Å². The van der Waals surface area contributed by atoms with Gasteiger partial charge in [0.2, 0.25) is 5.91 Å². The van der Waals surface area contributed by atoms with Crippen LogP contribution >= 0.6 is 27.3 Å². The molecule has 1 aliphatic heterocycles. The van der Waals surface area contributed by atoms with E-state index < -0.39 is 10.0 Å². The fourth-order valence-electron chi connectivity index (χ4n) is 2.80. The van der Waals surface area contributed by atoms with Crippen LogP contribution in [0, 0.1) is 11.8 Å². The predicted octanol–water partition coefficient (Wildman–Crippen LogP) is 3.07. The molecule has 0 radical (unpaired) electrons. The SMILES string of the molecule is CCCNC(=O)C(C)C1CCN(S(=O)(=O)c2ccc(Br)s2)CC1. The molecule has 5 nitrogen and oxygen atoms in total. The summed E-state index contributed by atoms with van der Waals surface area (Å²) in [6.07, 6.45) is 2.38. The molecule has 1 atom stereocenters. The van der Waals surface area contributed by atoms with Crippen LogP contribution < -0.4 is 5.32 Å². The molecule has 1 amide bonds. The third-order valence-corrected chi connectivity index (χ3v) is 8.30. The van der Waals surface area contributed by atoms with Gasteiger partial charge in [-0.25, -0.2) is 8.42 Å². The molecule has 1 aromatic rings. The Bertz CT molecular complexity index is 637. The number of amides is 1. The summed E-state index contributed by atoms with van der Waals surface area (Å²) >= 11 is 4.54. The van der Waals surface area contributed by atoms with Crippen LogP contribution in [0.4, 0.5) is 0 Å². The Morgan fingerprint density at radius 1 is 1.43 bits per heavy atom. The molecule has 0 aliphatic carbocycles. The smallest absolute Gasteiger partial charge is 0.252 e. The van der Waals surface area contributed by atoms with Crippen molar-refractivity contribution in [2.75, 3.05) is 19.6 Å². The van der Waals surface area contributed by atoms with E-state index in [0.29, 0.717) is 23.8 Å². The van der Waals surface area contributed by atoms with E-state index in [9.17, 15) is 13.2 Å². The van der Waals surface area contributed by atoms with Crippen LogP contribution in [0.5, 0.6) is 0 Å². The van der Waals surface area contributed by atoms with Crippen molar-refractivity contribution < 1.29 is 13.2 Å². The lowest BCUT2D eigenvalue weighted by molar-refractivity contribution is -0.126. The van der Waals surface area contributed by atoms with Crippen molar-refractivity contribution in [1.29, 1.82) is 0 Å². The number of carbonyl (C=O) groups excluding carboxylic acids is 1. The lowest BCUT2D eigenvalue weighted by atomic mass is 9.85. The van der Waals surface area contributed by atoms with Crippen molar-refractivity contribution in [1.82, 2.24) is 9.62 Å². The van der Waals surface area contributed by atoms with Crippen molar-refractivity contribution in [3.8, 4) is 0 Å². The molecule has 1 unspecified atom stereocenters. The minimum absolute atomic E-state index is 0.0673. The molecular weight excluding hydrogens is 400 g/mol. The molecule has 1 N–H and O–H groups in total. The van der Waals surface area contributed by atoms with E-state index in [0.717, 1.165) is 23.0 Å². The average Bonchev–Trinajstić information content (AvgIpc) is 2.99. The summed E-state index contributed by atoms with van der Waals surface area (Å²) in [5.74, 6) is 0.256. The zero-order chi connectivity index (χ0) is 17.0. The fourth-order valence-corrected chi connectivity index (χ4v) is 6.44. The van der Waals surface area contributed by atoms with Gasteiger partial charge in [0.1, 0.15) is 4.21 Å². The number of hydrogen-bond donors (Lipinski definition) is 1. The van der Waals surface area contributed by atoms with Crippen LogP contribution in [-0.4, -0.2) is 38.3 Å². The number of hydrogen-bond acceptors (Lipinski definition) is 4. The van der Waals surface area contributed by atoms with Gasteiger partial charge in [-0.15, -0.1) is 11.3 Å². The first-order valence-corrected chi connectivity index (χ1v) is 10.9. The maximum atomic E-state index is 12.6. The van der Waals surface area contributed by atoms with Crippen LogP contribution in [0.1, 0.15) is 33.1 Å². The maximum absolute atomic E-state index is 12.6. The highest BCUT2D eigenvalue weighted by Crippen LogP contribution is 2.32. The molecule has 0 aromatic carbocycles. The predicted molar refractivity (Wildman–Crippen MR) is 96.0 cm³/mol. The second-order valence-corrected chi connectivity index (χ2v) is 10.5. The zero-order valence-electron chi connectivity index (χ0n) is 13.4. The van der Waals surface area contributed by atoms with Crippen LogP contribution in [0.3, 0.4) is 0 Å². The van der Waals surface area contributed by atoms with Gasteiger partial charge in [0.25, 0.3) is 10.0 Å². The number of carbonyl (C=O) groups is 1. The van der Waals surface area contributed by atoms with Gasteiger partial charge in [-0.1, -0.05) is 13.8 Å². The number of piperidine rings is 1. The second-order valence-electron chi connectivity index (χ2n) is 5.88. The van der Waals surface area contributed by atoms with E-state index in [1.165, 1.54) is 11.3 Å². The Morgan fingerprint density at radius 3 is 2.61 bits per heavy atom. The van der Waals surface area contributed by atoms with Gasteiger partial charge in [0.15, 0.2) is 0 Å². The average molecular weight is 423 g/mol. The molecule has 1 fully saturated rings.